The summed E-state index contributed by atoms with van der Waals surface area (Å²) in [6, 6.07) is 0.759. The molecule has 1 heterocycles. The Morgan fingerprint density at radius 3 is 2.39 bits per heavy atom. The van der Waals surface area contributed by atoms with Crippen molar-refractivity contribution >= 4 is 5.71 Å². The molecule has 0 saturated carbocycles. The number of allylic oxidation sites excluding steroid dienone is 4. The lowest BCUT2D eigenvalue weighted by Gasteiger charge is -2.01. The monoisotopic (exact) mass is 258 g/mol. The third-order valence-corrected chi connectivity index (χ3v) is 2.06. The van der Waals surface area contributed by atoms with Crippen molar-refractivity contribution in [2.75, 3.05) is 7.05 Å². The van der Waals surface area contributed by atoms with Gasteiger partial charge in [0.25, 0.3) is 0 Å². The summed E-state index contributed by atoms with van der Waals surface area (Å²) in [7, 11) is 1.30. The molecule has 2 nitrogen and oxygen atoms in total. The van der Waals surface area contributed by atoms with Gasteiger partial charge in [0.15, 0.2) is 23.3 Å². The van der Waals surface area contributed by atoms with Gasteiger partial charge >= 0.3 is 0 Å². The van der Waals surface area contributed by atoms with Gasteiger partial charge in [0.1, 0.15) is 0 Å². The minimum Gasteiger partial charge on any atom is -0.286 e. The second kappa shape index (κ2) is 6.09. The van der Waals surface area contributed by atoms with Crippen LogP contribution in [0.15, 0.2) is 41.1 Å². The number of aromatic nitrogens is 1. The molecule has 0 unspecified atom stereocenters. The second-order valence-corrected chi connectivity index (χ2v) is 3.22. The van der Waals surface area contributed by atoms with Crippen molar-refractivity contribution in [2.45, 2.75) is 6.92 Å². The Labute approximate surface area is 101 Å². The number of hydrogen-bond acceptors (Lipinski definition) is 2. The number of nitrogens with zero attached hydrogens (tertiary/aromatic N) is 2. The Kier molecular flexibility index (Phi) is 4.76. The van der Waals surface area contributed by atoms with Gasteiger partial charge in [-0.25, -0.2) is 17.6 Å². The number of pyridine rings is 1. The highest BCUT2D eigenvalue weighted by Crippen LogP contribution is 2.15. The van der Waals surface area contributed by atoms with E-state index >= 15 is 0 Å². The van der Waals surface area contributed by atoms with Crippen LogP contribution in [0.1, 0.15) is 12.6 Å². The fraction of sp³-hybridized carbons (Fsp3) is 0.167. The summed E-state index contributed by atoms with van der Waals surface area (Å²) in [5.74, 6) is -4.50. The molecule has 0 aliphatic rings. The molecule has 6 heteroatoms. The molecule has 0 radical (unpaired) electrons. The molecule has 0 aliphatic heterocycles. The van der Waals surface area contributed by atoms with E-state index in [-0.39, 0.29) is 11.4 Å². The van der Waals surface area contributed by atoms with E-state index < -0.39 is 23.3 Å². The van der Waals surface area contributed by atoms with Crippen molar-refractivity contribution in [1.82, 2.24) is 4.98 Å². The normalized spacial score (nSPS) is 14.0. The van der Waals surface area contributed by atoms with Crippen LogP contribution in [0, 0.1) is 11.6 Å². The first kappa shape index (κ1) is 14.1. The maximum absolute atomic E-state index is 13.2. The minimum atomic E-state index is -1.16. The number of aliphatic imine (C=N–C) groups is 1. The molecule has 18 heavy (non-hydrogen) atoms. The molecule has 1 aromatic heterocycles. The number of hydrogen-bond donors (Lipinski definition) is 0. The first-order chi connectivity index (χ1) is 8.49. The molecule has 0 aromatic carbocycles. The fourth-order valence-corrected chi connectivity index (χ4v) is 1.13. The van der Waals surface area contributed by atoms with Gasteiger partial charge < -0.3 is 0 Å². The largest absolute Gasteiger partial charge is 0.286 e. The highest BCUT2D eigenvalue weighted by Gasteiger charge is 2.10. The average molecular weight is 258 g/mol. The highest BCUT2D eigenvalue weighted by atomic mass is 19.2. The summed E-state index contributed by atoms with van der Waals surface area (Å²) in [6.45, 7) is 1.32. The van der Waals surface area contributed by atoms with Crippen molar-refractivity contribution in [2.24, 2.45) is 4.99 Å². The molecular weight excluding hydrogens is 248 g/mol. The van der Waals surface area contributed by atoms with Gasteiger partial charge in [-0.3, -0.25) is 9.98 Å². The molecule has 0 amide bonds. The first-order valence-corrected chi connectivity index (χ1v) is 4.97. The van der Waals surface area contributed by atoms with Crippen LogP contribution in [0.25, 0.3) is 0 Å². The second-order valence-electron chi connectivity index (χ2n) is 3.22. The molecule has 1 rings (SSSR count). The van der Waals surface area contributed by atoms with Crippen LogP contribution in [-0.2, 0) is 0 Å². The predicted octanol–water partition coefficient (Wildman–Crippen LogP) is 3.51. The fourth-order valence-electron chi connectivity index (χ4n) is 1.13. The zero-order chi connectivity index (χ0) is 13.7. The highest BCUT2D eigenvalue weighted by molar-refractivity contribution is 6.07. The summed E-state index contributed by atoms with van der Waals surface area (Å²) >= 11 is 0. The third kappa shape index (κ3) is 3.26. The van der Waals surface area contributed by atoms with Gasteiger partial charge in [0, 0.05) is 19.2 Å². The lowest BCUT2D eigenvalue weighted by molar-refractivity contribution is 0.503. The predicted molar refractivity (Wildman–Crippen MR) is 60.7 cm³/mol. The Bertz CT molecular complexity index is 533. The van der Waals surface area contributed by atoms with Crippen LogP contribution in [0.4, 0.5) is 17.6 Å². The van der Waals surface area contributed by atoms with Crippen molar-refractivity contribution in [3.8, 4) is 0 Å². The van der Waals surface area contributed by atoms with Crippen LogP contribution in [0.2, 0.25) is 0 Å². The summed E-state index contributed by atoms with van der Waals surface area (Å²) in [5, 5.41) is 0. The SMILES string of the molecule is C\C=C(F)/C(F)=C\C(=N\C)c1cc(F)c(F)cn1. The molecular formula is C12H10F4N2. The Hall–Kier alpha value is -1.98. The van der Waals surface area contributed by atoms with Gasteiger partial charge in [-0.05, 0) is 13.0 Å². The maximum Gasteiger partial charge on any atom is 0.177 e. The summed E-state index contributed by atoms with van der Waals surface area (Å²) in [6.07, 6.45) is 2.33. The number of rotatable bonds is 3. The molecule has 1 aromatic rings. The molecule has 0 fully saturated rings. The lowest BCUT2D eigenvalue weighted by atomic mass is 10.2. The third-order valence-electron chi connectivity index (χ3n) is 2.06. The molecule has 0 atom stereocenters. The van der Waals surface area contributed by atoms with Crippen LogP contribution in [-0.4, -0.2) is 17.7 Å². The van der Waals surface area contributed by atoms with E-state index in [1.807, 2.05) is 0 Å². The van der Waals surface area contributed by atoms with Crippen molar-refractivity contribution < 1.29 is 17.6 Å². The minimum absolute atomic E-state index is 0.0875. The van der Waals surface area contributed by atoms with E-state index in [0.29, 0.717) is 6.20 Å². The maximum atomic E-state index is 13.2. The average Bonchev–Trinajstić information content (AvgIpc) is 2.38. The zero-order valence-electron chi connectivity index (χ0n) is 9.72. The van der Waals surface area contributed by atoms with Crippen molar-refractivity contribution in [3.05, 3.63) is 53.4 Å². The molecule has 96 valence electrons. The van der Waals surface area contributed by atoms with Gasteiger partial charge in [0.05, 0.1) is 17.6 Å². The van der Waals surface area contributed by atoms with Crippen molar-refractivity contribution in [1.29, 1.82) is 0 Å². The van der Waals surface area contributed by atoms with E-state index in [9.17, 15) is 17.6 Å². The zero-order valence-corrected chi connectivity index (χ0v) is 9.72. The van der Waals surface area contributed by atoms with E-state index in [2.05, 4.69) is 9.98 Å². The van der Waals surface area contributed by atoms with Crippen LogP contribution < -0.4 is 0 Å². The van der Waals surface area contributed by atoms with Crippen LogP contribution in [0.5, 0.6) is 0 Å². The standard InChI is InChI=1S/C12H10F4N2/c1-3-7(13)8(14)4-11(17-2)12-5-9(15)10(16)6-18-12/h3-6H,1-2H3/b7-3+,8-4+,17-11-. The quantitative estimate of drug-likeness (QED) is 0.462. The molecule has 0 bridgehead atoms. The van der Waals surface area contributed by atoms with E-state index in [1.165, 1.54) is 14.0 Å². The Morgan fingerprint density at radius 1 is 1.22 bits per heavy atom. The van der Waals surface area contributed by atoms with E-state index in [0.717, 1.165) is 18.2 Å². The summed E-state index contributed by atoms with van der Waals surface area (Å²) in [4.78, 5) is 7.19. The Morgan fingerprint density at radius 2 is 1.89 bits per heavy atom. The van der Waals surface area contributed by atoms with Gasteiger partial charge in [-0.2, -0.15) is 0 Å². The lowest BCUT2D eigenvalue weighted by Crippen LogP contribution is -2.03. The Balaban J connectivity index is 3.16. The molecule has 0 spiro atoms. The van der Waals surface area contributed by atoms with Crippen molar-refractivity contribution in [3.63, 3.8) is 0 Å². The topological polar surface area (TPSA) is 25.2 Å². The van der Waals surface area contributed by atoms with Crippen LogP contribution in [0.3, 0.4) is 0 Å². The smallest absolute Gasteiger partial charge is 0.177 e. The van der Waals surface area contributed by atoms with Gasteiger partial charge in [0.2, 0.25) is 0 Å². The van der Waals surface area contributed by atoms with Crippen LogP contribution >= 0.6 is 0 Å². The summed E-state index contributed by atoms with van der Waals surface area (Å²) in [5.41, 5.74) is -0.182. The summed E-state index contributed by atoms with van der Waals surface area (Å²) < 4.78 is 51.8. The van der Waals surface area contributed by atoms with Gasteiger partial charge in [-0.1, -0.05) is 0 Å². The first-order valence-electron chi connectivity index (χ1n) is 4.97. The molecule has 0 N–H and O–H groups in total. The van der Waals surface area contributed by atoms with E-state index in [1.54, 1.807) is 0 Å². The molecule has 0 saturated heterocycles. The van der Waals surface area contributed by atoms with E-state index in [4.69, 9.17) is 0 Å². The molecule has 0 aliphatic carbocycles. The van der Waals surface area contributed by atoms with Gasteiger partial charge in [-0.15, -0.1) is 0 Å². The number of halogens is 4.